The highest BCUT2D eigenvalue weighted by Crippen LogP contribution is 2.38. The highest BCUT2D eigenvalue weighted by molar-refractivity contribution is 6.74. The number of nitrogens with zero attached hydrogens (tertiary/aromatic N) is 1. The Morgan fingerprint density at radius 2 is 1.89 bits per heavy atom. The van der Waals surface area contributed by atoms with E-state index in [-0.39, 0.29) is 11.1 Å². The fraction of sp³-hybridized carbons (Fsp3) is 0.643. The number of aromatic nitrogens is 1. The lowest BCUT2D eigenvalue weighted by molar-refractivity contribution is 0.0352. The lowest BCUT2D eigenvalue weighted by Crippen LogP contribution is -2.44. The standard InChI is InChI=1S/C14H24FNO2Si/c1-10(18-19(5,6)14(2,3)4)13(17)12-8-7-11(15)9-16-12/h7-10,13,17H,1-6H3/t10-,13?/m0/s1. The molecule has 0 radical (unpaired) electrons. The minimum atomic E-state index is -1.94. The van der Waals surface area contributed by atoms with Crippen molar-refractivity contribution in [2.24, 2.45) is 0 Å². The summed E-state index contributed by atoms with van der Waals surface area (Å²) in [7, 11) is -1.94. The van der Waals surface area contributed by atoms with Crippen molar-refractivity contribution < 1.29 is 13.9 Å². The van der Waals surface area contributed by atoms with E-state index in [1.807, 2.05) is 6.92 Å². The fourth-order valence-corrected chi connectivity index (χ4v) is 2.92. The molecule has 1 N–H and O–H groups in total. The maximum Gasteiger partial charge on any atom is 0.192 e. The molecule has 2 atom stereocenters. The van der Waals surface area contributed by atoms with Gasteiger partial charge in [0.2, 0.25) is 0 Å². The normalized spacial score (nSPS) is 16.2. The van der Waals surface area contributed by atoms with Crippen LogP contribution in [0.3, 0.4) is 0 Å². The molecule has 1 aromatic rings. The summed E-state index contributed by atoms with van der Waals surface area (Å²) in [5.74, 6) is -0.408. The van der Waals surface area contributed by atoms with Crippen LogP contribution in [0.25, 0.3) is 0 Å². The second-order valence-electron chi connectivity index (χ2n) is 6.43. The maximum absolute atomic E-state index is 12.8. The average molecular weight is 285 g/mol. The Labute approximate surface area is 116 Å². The Bertz CT molecular complexity index is 414. The molecule has 0 aliphatic carbocycles. The molecule has 3 nitrogen and oxygen atoms in total. The van der Waals surface area contributed by atoms with E-state index in [1.165, 1.54) is 12.1 Å². The van der Waals surface area contributed by atoms with Gasteiger partial charge in [-0.2, -0.15) is 0 Å². The number of rotatable bonds is 4. The highest BCUT2D eigenvalue weighted by atomic mass is 28.4. The molecule has 0 aromatic carbocycles. The van der Waals surface area contributed by atoms with Gasteiger partial charge in [-0.05, 0) is 37.2 Å². The second-order valence-corrected chi connectivity index (χ2v) is 11.2. The van der Waals surface area contributed by atoms with Crippen LogP contribution in [0.15, 0.2) is 18.3 Å². The van der Waals surface area contributed by atoms with Gasteiger partial charge in [0.1, 0.15) is 11.9 Å². The van der Waals surface area contributed by atoms with Gasteiger partial charge < -0.3 is 9.53 Å². The van der Waals surface area contributed by atoms with Crippen LogP contribution < -0.4 is 0 Å². The van der Waals surface area contributed by atoms with E-state index in [2.05, 4.69) is 38.8 Å². The van der Waals surface area contributed by atoms with Crippen molar-refractivity contribution in [1.82, 2.24) is 4.98 Å². The monoisotopic (exact) mass is 285 g/mol. The molecule has 0 fully saturated rings. The summed E-state index contributed by atoms with van der Waals surface area (Å²) < 4.78 is 18.9. The molecule has 0 bridgehead atoms. The Kier molecular flexibility index (Phi) is 4.87. The Balaban J connectivity index is 2.78. The topological polar surface area (TPSA) is 42.4 Å². The molecule has 1 heterocycles. The molecule has 0 saturated carbocycles. The van der Waals surface area contributed by atoms with Crippen molar-refractivity contribution in [1.29, 1.82) is 0 Å². The van der Waals surface area contributed by atoms with Gasteiger partial charge in [-0.25, -0.2) is 4.39 Å². The third-order valence-electron chi connectivity index (χ3n) is 3.78. The summed E-state index contributed by atoms with van der Waals surface area (Å²) >= 11 is 0. The molecule has 0 aliphatic rings. The minimum Gasteiger partial charge on any atom is -0.411 e. The van der Waals surface area contributed by atoms with Crippen molar-refractivity contribution in [3.63, 3.8) is 0 Å². The fourth-order valence-electron chi connectivity index (χ4n) is 1.51. The highest BCUT2D eigenvalue weighted by Gasteiger charge is 2.39. The summed E-state index contributed by atoms with van der Waals surface area (Å²) in [6, 6.07) is 2.79. The van der Waals surface area contributed by atoms with Gasteiger partial charge >= 0.3 is 0 Å². The van der Waals surface area contributed by atoms with E-state index in [1.54, 1.807) is 0 Å². The van der Waals surface area contributed by atoms with Crippen molar-refractivity contribution >= 4 is 8.32 Å². The van der Waals surface area contributed by atoms with E-state index in [0.717, 1.165) is 6.20 Å². The molecule has 19 heavy (non-hydrogen) atoms. The molecular formula is C14H24FNO2Si. The molecule has 1 unspecified atom stereocenters. The molecule has 0 spiro atoms. The smallest absolute Gasteiger partial charge is 0.192 e. The largest absolute Gasteiger partial charge is 0.411 e. The first kappa shape index (κ1) is 16.3. The zero-order valence-electron chi connectivity index (χ0n) is 12.6. The van der Waals surface area contributed by atoms with E-state index < -0.39 is 20.2 Å². The molecule has 1 rings (SSSR count). The molecular weight excluding hydrogens is 261 g/mol. The Morgan fingerprint density at radius 3 is 2.32 bits per heavy atom. The molecule has 0 saturated heterocycles. The third-order valence-corrected chi connectivity index (χ3v) is 8.36. The number of hydrogen-bond donors (Lipinski definition) is 1. The molecule has 1 aromatic heterocycles. The second kappa shape index (κ2) is 5.69. The lowest BCUT2D eigenvalue weighted by atomic mass is 10.1. The molecule has 108 valence electrons. The number of halogens is 1. The summed E-state index contributed by atoms with van der Waals surface area (Å²) in [6.07, 6.45) is -0.0917. The lowest BCUT2D eigenvalue weighted by Gasteiger charge is -2.39. The number of aliphatic hydroxyl groups is 1. The summed E-state index contributed by atoms with van der Waals surface area (Å²) in [5.41, 5.74) is 0.438. The number of aliphatic hydroxyl groups excluding tert-OH is 1. The number of hydrogen-bond acceptors (Lipinski definition) is 3. The van der Waals surface area contributed by atoms with E-state index >= 15 is 0 Å². The quantitative estimate of drug-likeness (QED) is 0.858. The van der Waals surface area contributed by atoms with Gasteiger partial charge in [0.15, 0.2) is 8.32 Å². The van der Waals surface area contributed by atoms with Crippen LogP contribution in [-0.2, 0) is 4.43 Å². The predicted octanol–water partition coefficient (Wildman–Crippen LogP) is 3.66. The van der Waals surface area contributed by atoms with Crippen LogP contribution in [0.2, 0.25) is 18.1 Å². The Morgan fingerprint density at radius 1 is 1.32 bits per heavy atom. The summed E-state index contributed by atoms with van der Waals surface area (Å²) in [6.45, 7) is 12.5. The van der Waals surface area contributed by atoms with Crippen LogP contribution >= 0.6 is 0 Å². The Hall–Kier alpha value is -0.783. The molecule has 0 amide bonds. The van der Waals surface area contributed by atoms with Crippen molar-refractivity contribution in [3.8, 4) is 0 Å². The SMILES string of the molecule is C[C@H](O[Si](C)(C)C(C)(C)C)C(O)c1ccc(F)cn1. The van der Waals surface area contributed by atoms with Gasteiger partial charge in [0.05, 0.1) is 18.0 Å². The van der Waals surface area contributed by atoms with Crippen molar-refractivity contribution in [2.45, 2.75) is 58.0 Å². The van der Waals surface area contributed by atoms with Crippen molar-refractivity contribution in [2.75, 3.05) is 0 Å². The van der Waals surface area contributed by atoms with E-state index in [4.69, 9.17) is 4.43 Å². The van der Waals surface area contributed by atoms with Crippen LogP contribution in [0.4, 0.5) is 4.39 Å². The minimum absolute atomic E-state index is 0.0806. The molecule has 0 aliphatic heterocycles. The zero-order chi connectivity index (χ0) is 14.8. The van der Waals surface area contributed by atoms with E-state index in [9.17, 15) is 9.50 Å². The third kappa shape index (κ3) is 4.09. The predicted molar refractivity (Wildman–Crippen MR) is 76.9 cm³/mol. The number of pyridine rings is 1. The summed E-state index contributed by atoms with van der Waals surface area (Å²) in [4.78, 5) is 3.90. The first-order valence-electron chi connectivity index (χ1n) is 6.52. The van der Waals surface area contributed by atoms with Crippen LogP contribution in [0.1, 0.15) is 39.5 Å². The van der Waals surface area contributed by atoms with Crippen LogP contribution in [-0.4, -0.2) is 24.5 Å². The average Bonchev–Trinajstić information content (AvgIpc) is 2.27. The van der Waals surface area contributed by atoms with Gasteiger partial charge in [-0.15, -0.1) is 0 Å². The van der Waals surface area contributed by atoms with Gasteiger partial charge in [0, 0.05) is 0 Å². The van der Waals surface area contributed by atoms with Crippen LogP contribution in [0.5, 0.6) is 0 Å². The van der Waals surface area contributed by atoms with Gasteiger partial charge in [0.25, 0.3) is 0 Å². The van der Waals surface area contributed by atoms with Gasteiger partial charge in [-0.1, -0.05) is 20.8 Å². The first-order valence-corrected chi connectivity index (χ1v) is 9.43. The van der Waals surface area contributed by atoms with E-state index in [0.29, 0.717) is 5.69 Å². The molecule has 5 heteroatoms. The first-order chi connectivity index (χ1) is 8.54. The maximum atomic E-state index is 12.8. The van der Waals surface area contributed by atoms with Crippen molar-refractivity contribution in [3.05, 3.63) is 29.8 Å². The zero-order valence-corrected chi connectivity index (χ0v) is 13.6. The summed E-state index contributed by atoms with van der Waals surface area (Å²) in [5, 5.41) is 10.3. The van der Waals surface area contributed by atoms with Gasteiger partial charge in [-0.3, -0.25) is 4.98 Å². The van der Waals surface area contributed by atoms with Crippen LogP contribution in [0, 0.1) is 5.82 Å².